The lowest BCUT2D eigenvalue weighted by Crippen LogP contribution is -2.25. The van der Waals surface area contributed by atoms with E-state index in [4.69, 9.17) is 4.84 Å². The zero-order valence-corrected chi connectivity index (χ0v) is 28.0. The molecule has 4 heteroatoms. The van der Waals surface area contributed by atoms with E-state index in [1.165, 1.54) is 134 Å². The molecule has 0 spiro atoms. The molecule has 4 nitrogen and oxygen atoms in total. The van der Waals surface area contributed by atoms with Crippen molar-refractivity contribution in [3.63, 3.8) is 0 Å². The first-order valence-corrected chi connectivity index (χ1v) is 18.1. The predicted octanol–water partition coefficient (Wildman–Crippen LogP) is 11.7. The smallest absolute Gasteiger partial charge is 0.368 e. The fourth-order valence-corrected chi connectivity index (χ4v) is 6.11. The third-order valence-corrected chi connectivity index (χ3v) is 8.87. The number of unbranched alkanes of at least 4 members (excludes halogenated alkanes) is 18. The molecule has 2 aromatic carbocycles. The van der Waals surface area contributed by atoms with E-state index >= 15 is 0 Å². The minimum atomic E-state index is -0.392. The Morgan fingerprint density at radius 1 is 0.591 bits per heavy atom. The summed E-state index contributed by atoms with van der Waals surface area (Å²) in [6.45, 7) is 6.81. The maximum atomic E-state index is 12.5. The summed E-state index contributed by atoms with van der Waals surface area (Å²) in [6.07, 6.45) is 29.2. The van der Waals surface area contributed by atoms with Gasteiger partial charge in [0.1, 0.15) is 5.71 Å². The van der Waals surface area contributed by atoms with Crippen molar-refractivity contribution in [2.24, 2.45) is 5.16 Å². The Labute approximate surface area is 269 Å². The van der Waals surface area contributed by atoms with Crippen LogP contribution in [0.25, 0.3) is 6.08 Å². The molecular weight excluding hydrogens is 540 g/mol. The summed E-state index contributed by atoms with van der Waals surface area (Å²) in [5.74, 6) is -0.392. The first-order valence-electron chi connectivity index (χ1n) is 18.1. The van der Waals surface area contributed by atoms with Gasteiger partial charge in [0.2, 0.25) is 0 Å². The van der Waals surface area contributed by atoms with Gasteiger partial charge in [-0.25, -0.2) is 4.79 Å². The summed E-state index contributed by atoms with van der Waals surface area (Å²) in [5, 5.41) is 4.05. The molecular formula is C40H60N2O2. The van der Waals surface area contributed by atoms with E-state index in [1.54, 1.807) is 0 Å². The Kier molecular flexibility index (Phi) is 18.3. The van der Waals surface area contributed by atoms with E-state index in [-0.39, 0.29) is 0 Å². The number of benzene rings is 2. The van der Waals surface area contributed by atoms with Crippen LogP contribution in [-0.2, 0) is 9.63 Å². The lowest BCUT2D eigenvalue weighted by molar-refractivity contribution is -0.136. The number of oxime groups is 1. The van der Waals surface area contributed by atoms with Crippen molar-refractivity contribution in [1.82, 2.24) is 0 Å². The third kappa shape index (κ3) is 13.8. The molecule has 0 aliphatic carbocycles. The van der Waals surface area contributed by atoms with Crippen molar-refractivity contribution < 1.29 is 9.63 Å². The van der Waals surface area contributed by atoms with E-state index < -0.39 is 5.97 Å². The van der Waals surface area contributed by atoms with Gasteiger partial charge in [0, 0.05) is 24.3 Å². The molecule has 0 unspecified atom stereocenters. The monoisotopic (exact) mass is 600 g/mol. The average molecular weight is 601 g/mol. The first-order chi connectivity index (χ1) is 21.7. The molecule has 0 saturated carbocycles. The van der Waals surface area contributed by atoms with Gasteiger partial charge in [0.25, 0.3) is 0 Å². The molecule has 0 fully saturated rings. The van der Waals surface area contributed by atoms with Crippen molar-refractivity contribution in [3.05, 3.63) is 71.3 Å². The summed E-state index contributed by atoms with van der Waals surface area (Å²) < 4.78 is 0. The molecule has 0 saturated heterocycles. The molecule has 0 radical (unpaired) electrons. The number of anilines is 1. The van der Waals surface area contributed by atoms with Crippen LogP contribution in [0.5, 0.6) is 0 Å². The average Bonchev–Trinajstić information content (AvgIpc) is 3.42. The molecule has 0 bridgehead atoms. The quantitative estimate of drug-likeness (QED) is 0.0646. The number of hydrogen-bond acceptors (Lipinski definition) is 4. The molecule has 3 rings (SSSR count). The van der Waals surface area contributed by atoms with Gasteiger partial charge in [0.15, 0.2) is 0 Å². The summed E-state index contributed by atoms with van der Waals surface area (Å²) in [7, 11) is 0. The van der Waals surface area contributed by atoms with E-state index in [0.29, 0.717) is 11.3 Å². The van der Waals surface area contributed by atoms with Gasteiger partial charge in [-0.05, 0) is 36.6 Å². The largest absolute Gasteiger partial charge is 0.372 e. The Bertz CT molecular complexity index is 1070. The second kappa shape index (κ2) is 22.6. The van der Waals surface area contributed by atoms with Crippen molar-refractivity contribution in [3.8, 4) is 0 Å². The van der Waals surface area contributed by atoms with Gasteiger partial charge in [-0.3, -0.25) is 0 Å². The van der Waals surface area contributed by atoms with Gasteiger partial charge in [-0.15, -0.1) is 0 Å². The van der Waals surface area contributed by atoms with Crippen LogP contribution in [0.1, 0.15) is 153 Å². The van der Waals surface area contributed by atoms with Gasteiger partial charge >= 0.3 is 5.97 Å². The Morgan fingerprint density at radius 2 is 1.05 bits per heavy atom. The Hall–Kier alpha value is -2.88. The van der Waals surface area contributed by atoms with Crippen molar-refractivity contribution >= 4 is 23.4 Å². The topological polar surface area (TPSA) is 41.9 Å². The van der Waals surface area contributed by atoms with Crippen LogP contribution in [-0.4, -0.2) is 24.8 Å². The van der Waals surface area contributed by atoms with Crippen molar-refractivity contribution in [2.45, 2.75) is 142 Å². The SMILES string of the molecule is CCCCCCCCCCCCN(CCCCCCCCCCCC)c1ccc(C=C2C(=O)ON=C2c2ccccc2)cc1. The molecule has 0 atom stereocenters. The van der Waals surface area contributed by atoms with Gasteiger partial charge in [-0.1, -0.05) is 177 Å². The zero-order valence-electron chi connectivity index (χ0n) is 28.0. The van der Waals surface area contributed by atoms with E-state index in [0.717, 1.165) is 24.2 Å². The fourth-order valence-electron chi connectivity index (χ4n) is 6.11. The van der Waals surface area contributed by atoms with Crippen LogP contribution >= 0.6 is 0 Å². The van der Waals surface area contributed by atoms with Crippen LogP contribution in [0.15, 0.2) is 65.3 Å². The third-order valence-electron chi connectivity index (χ3n) is 8.87. The molecule has 0 N–H and O–H groups in total. The number of carbonyl (C=O) groups is 1. The molecule has 1 aliphatic rings. The number of nitrogens with zero attached hydrogens (tertiary/aromatic N) is 2. The molecule has 44 heavy (non-hydrogen) atoms. The van der Waals surface area contributed by atoms with Crippen LogP contribution in [0.3, 0.4) is 0 Å². The minimum Gasteiger partial charge on any atom is -0.372 e. The van der Waals surface area contributed by atoms with Gasteiger partial charge in [0.05, 0.1) is 5.57 Å². The zero-order chi connectivity index (χ0) is 31.1. The van der Waals surface area contributed by atoms with E-state index in [9.17, 15) is 4.79 Å². The Morgan fingerprint density at radius 3 is 1.52 bits per heavy atom. The second-order valence-corrected chi connectivity index (χ2v) is 12.7. The van der Waals surface area contributed by atoms with Crippen LogP contribution < -0.4 is 4.90 Å². The molecule has 1 heterocycles. The van der Waals surface area contributed by atoms with Crippen molar-refractivity contribution in [1.29, 1.82) is 0 Å². The molecule has 1 aliphatic heterocycles. The van der Waals surface area contributed by atoms with Gasteiger partial charge in [-0.2, -0.15) is 0 Å². The highest BCUT2D eigenvalue weighted by atomic mass is 16.7. The highest BCUT2D eigenvalue weighted by Crippen LogP contribution is 2.24. The lowest BCUT2D eigenvalue weighted by Gasteiger charge is -2.25. The van der Waals surface area contributed by atoms with E-state index in [1.807, 2.05) is 36.4 Å². The van der Waals surface area contributed by atoms with Crippen molar-refractivity contribution in [2.75, 3.05) is 18.0 Å². The highest BCUT2D eigenvalue weighted by Gasteiger charge is 2.26. The number of rotatable bonds is 25. The minimum absolute atomic E-state index is 0.392. The van der Waals surface area contributed by atoms with Crippen LogP contribution in [0, 0.1) is 0 Å². The normalized spacial score (nSPS) is 13.8. The van der Waals surface area contributed by atoms with E-state index in [2.05, 4.69) is 48.2 Å². The molecule has 0 aromatic heterocycles. The fraction of sp³-hybridized carbons (Fsp3) is 0.600. The molecule has 2 aromatic rings. The summed E-state index contributed by atoms with van der Waals surface area (Å²) >= 11 is 0. The summed E-state index contributed by atoms with van der Waals surface area (Å²) in [4.78, 5) is 20.1. The highest BCUT2D eigenvalue weighted by molar-refractivity contribution is 6.31. The lowest BCUT2D eigenvalue weighted by atomic mass is 10.0. The summed E-state index contributed by atoms with van der Waals surface area (Å²) in [6, 6.07) is 18.5. The predicted molar refractivity (Wildman–Crippen MR) is 189 cm³/mol. The number of carbonyl (C=O) groups excluding carboxylic acids is 1. The molecule has 242 valence electrons. The van der Waals surface area contributed by atoms with Crippen LogP contribution in [0.2, 0.25) is 0 Å². The first kappa shape index (κ1) is 35.6. The summed E-state index contributed by atoms with van der Waals surface area (Å²) in [5.41, 5.74) is 4.27. The standard InChI is InChI=1S/C40H60N2O2/c1-3-5-7-9-11-13-15-17-19-24-32-42(33-25-20-18-16-14-12-10-8-6-4-2)37-30-28-35(29-31-37)34-38-39(41-44-40(38)43)36-26-22-21-23-27-36/h21-23,26-31,34H,3-20,24-25,32-33H2,1-2H3. The maximum Gasteiger partial charge on any atom is 0.368 e. The maximum absolute atomic E-state index is 12.5. The Balaban J connectivity index is 1.50. The van der Waals surface area contributed by atoms with Crippen LogP contribution in [0.4, 0.5) is 5.69 Å². The second-order valence-electron chi connectivity index (χ2n) is 12.7. The molecule has 0 amide bonds. The number of hydrogen-bond donors (Lipinski definition) is 0. The van der Waals surface area contributed by atoms with Gasteiger partial charge < -0.3 is 9.74 Å².